The number of hydrogen-bond acceptors (Lipinski definition) is 2. The van der Waals surface area contributed by atoms with E-state index in [2.05, 4.69) is 5.32 Å². The van der Waals surface area contributed by atoms with Crippen LogP contribution < -0.4 is 5.32 Å². The van der Waals surface area contributed by atoms with E-state index in [1.54, 1.807) is 30.3 Å². The number of rotatable bonds is 6. The molecule has 0 aromatic heterocycles. The van der Waals surface area contributed by atoms with E-state index >= 15 is 0 Å². The zero-order valence-corrected chi connectivity index (χ0v) is 13.6. The minimum Gasteiger partial charge on any atom is -0.480 e. The predicted octanol–water partition coefficient (Wildman–Crippen LogP) is 3.35. The predicted molar refractivity (Wildman–Crippen MR) is 89.9 cm³/mol. The molecule has 4 nitrogen and oxygen atoms in total. The fraction of sp³-hybridized carbons (Fsp3) is 0.176. The average molecular weight is 352 g/mol. The molecule has 0 radical (unpaired) electrons. The highest BCUT2D eigenvalue weighted by Gasteiger charge is 2.22. The first-order chi connectivity index (χ1) is 11.0. The fourth-order valence-electron chi connectivity index (χ4n) is 2.16. The topological polar surface area (TPSA) is 66.4 Å². The third kappa shape index (κ3) is 4.98. The van der Waals surface area contributed by atoms with Crippen LogP contribution in [-0.4, -0.2) is 23.0 Å². The van der Waals surface area contributed by atoms with E-state index < -0.39 is 12.0 Å². The third-order valence-electron chi connectivity index (χ3n) is 3.31. The number of hydrogen-bond donors (Lipinski definition) is 2. The van der Waals surface area contributed by atoms with E-state index in [9.17, 15) is 14.7 Å². The molecule has 0 saturated carbocycles. The van der Waals surface area contributed by atoms with E-state index in [4.69, 9.17) is 23.2 Å². The first-order valence-electron chi connectivity index (χ1n) is 6.96. The molecule has 2 aromatic rings. The highest BCUT2D eigenvalue weighted by molar-refractivity contribution is 6.36. The van der Waals surface area contributed by atoms with Gasteiger partial charge in [0.2, 0.25) is 5.91 Å². The van der Waals surface area contributed by atoms with Gasteiger partial charge in [0.05, 0.1) is 6.42 Å². The molecule has 0 aliphatic heterocycles. The van der Waals surface area contributed by atoms with Crippen molar-refractivity contribution in [3.8, 4) is 0 Å². The molecule has 1 atom stereocenters. The van der Waals surface area contributed by atoms with Crippen LogP contribution in [-0.2, 0) is 22.4 Å². The Morgan fingerprint density at radius 1 is 1.00 bits per heavy atom. The lowest BCUT2D eigenvalue weighted by atomic mass is 10.0. The van der Waals surface area contributed by atoms with Crippen molar-refractivity contribution in [2.75, 3.05) is 0 Å². The number of halogens is 2. The number of benzene rings is 2. The number of carbonyl (C=O) groups excluding carboxylic acids is 1. The van der Waals surface area contributed by atoms with Crippen molar-refractivity contribution < 1.29 is 14.7 Å². The van der Waals surface area contributed by atoms with Crippen LogP contribution in [0.2, 0.25) is 10.0 Å². The van der Waals surface area contributed by atoms with Crippen LogP contribution in [0.4, 0.5) is 0 Å². The second-order valence-electron chi connectivity index (χ2n) is 5.03. The Hall–Kier alpha value is -2.04. The van der Waals surface area contributed by atoms with E-state index in [1.807, 2.05) is 18.2 Å². The summed E-state index contributed by atoms with van der Waals surface area (Å²) < 4.78 is 0. The highest BCUT2D eigenvalue weighted by Crippen LogP contribution is 2.25. The Bertz CT molecular complexity index is 684. The summed E-state index contributed by atoms with van der Waals surface area (Å²) in [6.45, 7) is 0. The van der Waals surface area contributed by atoms with Crippen molar-refractivity contribution in [1.29, 1.82) is 0 Å². The van der Waals surface area contributed by atoms with Gasteiger partial charge in [0.1, 0.15) is 6.04 Å². The molecule has 6 heteroatoms. The molecular formula is C17H15Cl2NO3. The Kier molecular flexibility index (Phi) is 6.02. The number of amides is 1. The monoisotopic (exact) mass is 351 g/mol. The zero-order chi connectivity index (χ0) is 16.8. The lowest BCUT2D eigenvalue weighted by Gasteiger charge is -2.16. The van der Waals surface area contributed by atoms with Crippen molar-refractivity contribution in [2.45, 2.75) is 18.9 Å². The van der Waals surface area contributed by atoms with Crippen LogP contribution in [0.25, 0.3) is 0 Å². The second kappa shape index (κ2) is 7.99. The van der Waals surface area contributed by atoms with Crippen LogP contribution in [0.1, 0.15) is 11.1 Å². The molecule has 23 heavy (non-hydrogen) atoms. The maximum Gasteiger partial charge on any atom is 0.326 e. The molecule has 0 bridgehead atoms. The molecule has 0 unspecified atom stereocenters. The molecule has 120 valence electrons. The first kappa shape index (κ1) is 17.3. The molecule has 1 amide bonds. The van der Waals surface area contributed by atoms with Crippen LogP contribution >= 0.6 is 23.2 Å². The summed E-state index contributed by atoms with van der Waals surface area (Å²) in [5.41, 5.74) is 1.31. The summed E-state index contributed by atoms with van der Waals surface area (Å²) in [6, 6.07) is 12.9. The van der Waals surface area contributed by atoms with Crippen LogP contribution in [0.5, 0.6) is 0 Å². The summed E-state index contributed by atoms with van der Waals surface area (Å²) in [5, 5.41) is 12.6. The number of carbonyl (C=O) groups is 2. The van der Waals surface area contributed by atoms with Gasteiger partial charge < -0.3 is 10.4 Å². The number of aliphatic carboxylic acids is 1. The molecule has 2 N–H and O–H groups in total. The molecular weight excluding hydrogens is 337 g/mol. The van der Waals surface area contributed by atoms with Gasteiger partial charge in [0.25, 0.3) is 0 Å². The largest absolute Gasteiger partial charge is 0.480 e. The molecule has 0 aliphatic rings. The van der Waals surface area contributed by atoms with Crippen LogP contribution in [0.3, 0.4) is 0 Å². The first-order valence-corrected chi connectivity index (χ1v) is 7.72. The minimum absolute atomic E-state index is 0.0222. The van der Waals surface area contributed by atoms with Crippen molar-refractivity contribution in [3.63, 3.8) is 0 Å². The van der Waals surface area contributed by atoms with Gasteiger partial charge in [-0.25, -0.2) is 4.79 Å². The van der Waals surface area contributed by atoms with E-state index in [1.165, 1.54) is 0 Å². The molecule has 0 spiro atoms. The van der Waals surface area contributed by atoms with Crippen molar-refractivity contribution in [1.82, 2.24) is 5.32 Å². The number of carboxylic acids is 1. The lowest BCUT2D eigenvalue weighted by Crippen LogP contribution is -2.43. The van der Waals surface area contributed by atoms with E-state index in [-0.39, 0.29) is 18.7 Å². The third-order valence-corrected chi connectivity index (χ3v) is 4.02. The quantitative estimate of drug-likeness (QED) is 0.838. The van der Waals surface area contributed by atoms with Gasteiger partial charge in [-0.1, -0.05) is 59.6 Å². The van der Waals surface area contributed by atoms with E-state index in [0.29, 0.717) is 15.6 Å². The van der Waals surface area contributed by atoms with Gasteiger partial charge in [-0.15, -0.1) is 0 Å². The molecule has 0 heterocycles. The summed E-state index contributed by atoms with van der Waals surface area (Å²) >= 11 is 12.1. The Morgan fingerprint density at radius 2 is 1.61 bits per heavy atom. The Labute approximate surface area is 144 Å². The highest BCUT2D eigenvalue weighted by atomic mass is 35.5. The van der Waals surface area contributed by atoms with Gasteiger partial charge >= 0.3 is 5.97 Å². The van der Waals surface area contributed by atoms with E-state index in [0.717, 1.165) is 5.56 Å². The smallest absolute Gasteiger partial charge is 0.326 e. The standard InChI is InChI=1S/C17H15Cl2NO3/c18-13-7-4-8-14(19)12(13)10-15(17(22)23)20-16(21)9-11-5-2-1-3-6-11/h1-8,15H,9-10H2,(H,20,21)(H,22,23)/t15-/m0/s1. The lowest BCUT2D eigenvalue weighted by molar-refractivity contribution is -0.141. The molecule has 0 fully saturated rings. The summed E-state index contributed by atoms with van der Waals surface area (Å²) in [5.74, 6) is -1.51. The summed E-state index contributed by atoms with van der Waals surface area (Å²) in [7, 11) is 0. The van der Waals surface area contributed by atoms with Gasteiger partial charge in [-0.2, -0.15) is 0 Å². The SMILES string of the molecule is O=C(Cc1ccccc1)N[C@@H](Cc1c(Cl)cccc1Cl)C(=O)O. The normalized spacial score (nSPS) is 11.7. The maximum absolute atomic E-state index is 12.0. The summed E-state index contributed by atoms with van der Waals surface area (Å²) in [4.78, 5) is 23.5. The second-order valence-corrected chi connectivity index (χ2v) is 5.84. The number of carboxylic acid groups (broad SMARTS) is 1. The Morgan fingerprint density at radius 3 is 2.17 bits per heavy atom. The van der Waals surface area contributed by atoms with Crippen molar-refractivity contribution in [3.05, 3.63) is 69.7 Å². The van der Waals surface area contributed by atoms with Gasteiger partial charge in [0, 0.05) is 16.5 Å². The van der Waals surface area contributed by atoms with Crippen molar-refractivity contribution in [2.24, 2.45) is 0 Å². The van der Waals surface area contributed by atoms with Gasteiger partial charge in [-0.3, -0.25) is 4.79 Å². The van der Waals surface area contributed by atoms with Crippen LogP contribution in [0, 0.1) is 0 Å². The minimum atomic E-state index is -1.14. The number of nitrogens with one attached hydrogen (secondary N) is 1. The molecule has 2 rings (SSSR count). The maximum atomic E-state index is 12.0. The van der Waals surface area contributed by atoms with Gasteiger partial charge in [0.15, 0.2) is 0 Å². The van der Waals surface area contributed by atoms with Crippen LogP contribution in [0.15, 0.2) is 48.5 Å². The molecule has 2 aromatic carbocycles. The average Bonchev–Trinajstić information content (AvgIpc) is 2.50. The molecule has 0 aliphatic carbocycles. The fourth-order valence-corrected chi connectivity index (χ4v) is 2.71. The zero-order valence-electron chi connectivity index (χ0n) is 12.1. The van der Waals surface area contributed by atoms with Crippen molar-refractivity contribution >= 4 is 35.1 Å². The van der Waals surface area contributed by atoms with Gasteiger partial charge in [-0.05, 0) is 23.3 Å². The summed E-state index contributed by atoms with van der Waals surface area (Å²) in [6.07, 6.45) is 0.134. The Balaban J connectivity index is 2.07. The molecule has 0 saturated heterocycles.